The molecule has 0 aliphatic heterocycles. The van der Waals surface area contributed by atoms with Gasteiger partial charge in [-0.1, -0.05) is 0 Å². The lowest BCUT2D eigenvalue weighted by atomic mass is 10.1. The van der Waals surface area contributed by atoms with E-state index in [1.165, 1.54) is 5.56 Å². The van der Waals surface area contributed by atoms with Crippen molar-refractivity contribution >= 4 is 17.3 Å². The van der Waals surface area contributed by atoms with Crippen molar-refractivity contribution in [3.05, 3.63) is 45.5 Å². The van der Waals surface area contributed by atoms with E-state index >= 15 is 0 Å². The Morgan fingerprint density at radius 2 is 2.37 bits per heavy atom. The Kier molecular flexibility index (Phi) is 4.39. The van der Waals surface area contributed by atoms with Gasteiger partial charge in [-0.2, -0.15) is 11.3 Å². The van der Waals surface area contributed by atoms with Gasteiger partial charge in [0.15, 0.2) is 0 Å². The molecule has 102 valence electrons. The van der Waals surface area contributed by atoms with Gasteiger partial charge in [0.1, 0.15) is 5.76 Å². The predicted octanol–water partition coefficient (Wildman–Crippen LogP) is 3.07. The fourth-order valence-electron chi connectivity index (χ4n) is 1.96. The first kappa shape index (κ1) is 13.8. The molecule has 4 nitrogen and oxygen atoms in total. The zero-order chi connectivity index (χ0) is 13.8. The fraction of sp³-hybridized carbons (Fsp3) is 0.357. The van der Waals surface area contributed by atoms with Crippen molar-refractivity contribution in [2.24, 2.45) is 0 Å². The van der Waals surface area contributed by atoms with Crippen LogP contribution in [-0.4, -0.2) is 17.1 Å². The monoisotopic (exact) mass is 279 g/mol. The summed E-state index contributed by atoms with van der Waals surface area (Å²) in [5.74, 6) is -0.329. The van der Waals surface area contributed by atoms with Gasteiger partial charge in [0.25, 0.3) is 0 Å². The minimum absolute atomic E-state index is 0.0299. The van der Waals surface area contributed by atoms with Crippen molar-refractivity contribution in [3.63, 3.8) is 0 Å². The average molecular weight is 279 g/mol. The average Bonchev–Trinajstić information content (AvgIpc) is 2.96. The normalized spacial score (nSPS) is 12.5. The van der Waals surface area contributed by atoms with Gasteiger partial charge in [-0.15, -0.1) is 0 Å². The highest BCUT2D eigenvalue weighted by atomic mass is 32.1. The maximum Gasteiger partial charge on any atom is 0.372 e. The summed E-state index contributed by atoms with van der Waals surface area (Å²) < 4.78 is 5.30. The van der Waals surface area contributed by atoms with E-state index in [1.807, 2.05) is 0 Å². The van der Waals surface area contributed by atoms with E-state index < -0.39 is 5.97 Å². The van der Waals surface area contributed by atoms with Crippen molar-refractivity contribution in [1.82, 2.24) is 5.32 Å². The van der Waals surface area contributed by atoms with Crippen molar-refractivity contribution in [1.29, 1.82) is 0 Å². The number of carboxylic acid groups (broad SMARTS) is 1. The lowest BCUT2D eigenvalue weighted by molar-refractivity contribution is 0.0659. The van der Waals surface area contributed by atoms with E-state index in [0.717, 1.165) is 6.42 Å². The van der Waals surface area contributed by atoms with Crippen LogP contribution in [0.2, 0.25) is 0 Å². The van der Waals surface area contributed by atoms with E-state index in [0.29, 0.717) is 23.9 Å². The Morgan fingerprint density at radius 1 is 1.58 bits per heavy atom. The molecule has 0 saturated heterocycles. The maximum atomic E-state index is 10.9. The molecule has 0 fully saturated rings. The molecule has 0 saturated carbocycles. The molecular weight excluding hydrogens is 262 g/mol. The van der Waals surface area contributed by atoms with Gasteiger partial charge >= 0.3 is 5.97 Å². The molecule has 2 N–H and O–H groups in total. The van der Waals surface area contributed by atoms with Crippen LogP contribution in [0, 0.1) is 6.92 Å². The van der Waals surface area contributed by atoms with Crippen molar-refractivity contribution in [3.8, 4) is 0 Å². The number of aromatic carboxylic acids is 1. The van der Waals surface area contributed by atoms with E-state index in [4.69, 9.17) is 9.52 Å². The quantitative estimate of drug-likeness (QED) is 0.853. The molecule has 0 bridgehead atoms. The maximum absolute atomic E-state index is 10.9. The summed E-state index contributed by atoms with van der Waals surface area (Å²) in [6, 6.07) is 4.20. The van der Waals surface area contributed by atoms with Crippen LogP contribution < -0.4 is 5.32 Å². The Morgan fingerprint density at radius 3 is 2.95 bits per heavy atom. The molecule has 5 heteroatoms. The van der Waals surface area contributed by atoms with Crippen LogP contribution >= 0.6 is 11.3 Å². The van der Waals surface area contributed by atoms with Gasteiger partial charge in [-0.3, -0.25) is 0 Å². The molecule has 2 rings (SSSR count). The zero-order valence-electron chi connectivity index (χ0n) is 11.0. The van der Waals surface area contributed by atoms with Crippen LogP contribution in [0.25, 0.3) is 0 Å². The molecule has 0 amide bonds. The van der Waals surface area contributed by atoms with Crippen LogP contribution in [0.1, 0.15) is 34.4 Å². The number of nitrogens with one attached hydrogen (secondary N) is 1. The number of furan rings is 1. The van der Waals surface area contributed by atoms with E-state index in [2.05, 4.69) is 29.1 Å². The molecule has 0 aliphatic rings. The molecule has 0 aliphatic carbocycles. The summed E-state index contributed by atoms with van der Waals surface area (Å²) in [6.07, 6.45) is 0.953. The van der Waals surface area contributed by atoms with Crippen LogP contribution in [-0.2, 0) is 13.0 Å². The first-order valence-electron chi connectivity index (χ1n) is 6.13. The highest BCUT2D eigenvalue weighted by molar-refractivity contribution is 7.07. The van der Waals surface area contributed by atoms with Gasteiger partial charge in [0, 0.05) is 11.6 Å². The summed E-state index contributed by atoms with van der Waals surface area (Å²) in [5.41, 5.74) is 1.97. The number of carboxylic acids is 1. The number of hydrogen-bond donors (Lipinski definition) is 2. The van der Waals surface area contributed by atoms with Gasteiger partial charge in [-0.25, -0.2) is 4.79 Å². The van der Waals surface area contributed by atoms with Crippen LogP contribution in [0.15, 0.2) is 27.3 Å². The summed E-state index contributed by atoms with van der Waals surface area (Å²) in [4.78, 5) is 10.9. The number of aryl methyl sites for hydroxylation is 1. The van der Waals surface area contributed by atoms with Crippen molar-refractivity contribution < 1.29 is 14.3 Å². The summed E-state index contributed by atoms with van der Waals surface area (Å²) in [5, 5.41) is 16.5. The number of thiophene rings is 1. The lowest BCUT2D eigenvalue weighted by Crippen LogP contribution is -2.27. The van der Waals surface area contributed by atoms with Crippen molar-refractivity contribution in [2.45, 2.75) is 32.9 Å². The first-order valence-corrected chi connectivity index (χ1v) is 7.07. The van der Waals surface area contributed by atoms with Gasteiger partial charge in [0.2, 0.25) is 5.76 Å². The second-order valence-electron chi connectivity index (χ2n) is 4.65. The molecule has 19 heavy (non-hydrogen) atoms. The Bertz CT molecular complexity index is 545. The van der Waals surface area contributed by atoms with Gasteiger partial charge in [0.05, 0.1) is 6.54 Å². The highest BCUT2D eigenvalue weighted by Gasteiger charge is 2.14. The Hall–Kier alpha value is -1.59. The smallest absolute Gasteiger partial charge is 0.372 e. The van der Waals surface area contributed by atoms with Gasteiger partial charge in [-0.05, 0) is 48.7 Å². The molecule has 2 aromatic rings. The second-order valence-corrected chi connectivity index (χ2v) is 5.43. The first-order chi connectivity index (χ1) is 9.06. The van der Waals surface area contributed by atoms with Crippen molar-refractivity contribution in [2.75, 3.05) is 0 Å². The molecule has 2 aromatic heterocycles. The summed E-state index contributed by atoms with van der Waals surface area (Å²) >= 11 is 1.69. The molecule has 1 atom stereocenters. The third kappa shape index (κ3) is 3.68. The topological polar surface area (TPSA) is 62.5 Å². The van der Waals surface area contributed by atoms with Crippen LogP contribution in [0.3, 0.4) is 0 Å². The molecular formula is C14H17NO3S. The third-order valence-corrected chi connectivity index (χ3v) is 3.64. The molecule has 0 aromatic carbocycles. The van der Waals surface area contributed by atoms with E-state index in [-0.39, 0.29) is 5.76 Å². The largest absolute Gasteiger partial charge is 0.475 e. The van der Waals surface area contributed by atoms with E-state index in [1.54, 1.807) is 24.3 Å². The molecule has 0 spiro atoms. The molecule has 0 radical (unpaired) electrons. The standard InChI is InChI=1S/C14H17NO3S/c1-9-5-12(18-13(9)14(16)17)7-15-10(2)6-11-3-4-19-8-11/h3-5,8,10,15H,6-7H2,1-2H3,(H,16,17). The minimum atomic E-state index is -1.02. The number of hydrogen-bond acceptors (Lipinski definition) is 4. The fourth-order valence-corrected chi connectivity index (χ4v) is 2.64. The highest BCUT2D eigenvalue weighted by Crippen LogP contribution is 2.15. The zero-order valence-corrected chi connectivity index (χ0v) is 11.8. The second kappa shape index (κ2) is 6.04. The molecule has 2 heterocycles. The third-order valence-electron chi connectivity index (χ3n) is 2.91. The van der Waals surface area contributed by atoms with E-state index in [9.17, 15) is 4.79 Å². The SMILES string of the molecule is Cc1cc(CNC(C)Cc2ccsc2)oc1C(=O)O. The van der Waals surface area contributed by atoms with Gasteiger partial charge < -0.3 is 14.8 Å². The van der Waals surface area contributed by atoms with Crippen LogP contribution in [0.4, 0.5) is 0 Å². The number of carbonyl (C=O) groups is 1. The summed E-state index contributed by atoms with van der Waals surface area (Å²) in [6.45, 7) is 4.39. The molecule has 1 unspecified atom stereocenters. The Labute approximate surface area is 116 Å². The lowest BCUT2D eigenvalue weighted by Gasteiger charge is -2.11. The van der Waals surface area contributed by atoms with Crippen LogP contribution in [0.5, 0.6) is 0 Å². The predicted molar refractivity (Wildman–Crippen MR) is 74.7 cm³/mol. The minimum Gasteiger partial charge on any atom is -0.475 e. The Balaban J connectivity index is 1.88. The number of rotatable bonds is 6. The summed E-state index contributed by atoms with van der Waals surface area (Å²) in [7, 11) is 0.